The Bertz CT molecular complexity index is 666. The first-order chi connectivity index (χ1) is 14.2. The van der Waals surface area contributed by atoms with Crippen molar-refractivity contribution >= 4 is 29.6 Å². The van der Waals surface area contributed by atoms with E-state index in [0.717, 1.165) is 0 Å². The number of aliphatic carboxylic acids is 1. The van der Waals surface area contributed by atoms with Crippen molar-refractivity contribution in [1.29, 1.82) is 0 Å². The molecule has 9 N–H and O–H groups in total. The predicted octanol–water partition coefficient (Wildman–Crippen LogP) is -2.19. The molecular formula is C19H35N5O7. The third-order valence-corrected chi connectivity index (χ3v) is 4.63. The topological polar surface area (TPSA) is 214 Å². The SMILES string of the molecule is CC(C)C(N)C(=O)NC(CCC(N)=O)C(=O)NC(C(=O)NC(C(=O)O)C(C)O)C(C)C. The van der Waals surface area contributed by atoms with Gasteiger partial charge in [0.15, 0.2) is 6.04 Å². The van der Waals surface area contributed by atoms with Gasteiger partial charge in [-0.25, -0.2) is 4.79 Å². The van der Waals surface area contributed by atoms with E-state index in [0.29, 0.717) is 0 Å². The summed E-state index contributed by atoms with van der Waals surface area (Å²) in [5.41, 5.74) is 10.9. The molecule has 0 rings (SSSR count). The second-order valence-electron chi connectivity index (χ2n) is 8.13. The molecule has 12 heteroatoms. The van der Waals surface area contributed by atoms with E-state index in [1.54, 1.807) is 27.7 Å². The summed E-state index contributed by atoms with van der Waals surface area (Å²) in [6, 6.07) is -4.82. The third kappa shape index (κ3) is 9.75. The maximum Gasteiger partial charge on any atom is 0.328 e. The van der Waals surface area contributed by atoms with Crippen LogP contribution in [0.1, 0.15) is 47.5 Å². The summed E-state index contributed by atoms with van der Waals surface area (Å²) in [4.78, 5) is 60.0. The van der Waals surface area contributed by atoms with Gasteiger partial charge in [0, 0.05) is 6.42 Å². The molecule has 12 nitrogen and oxygen atoms in total. The zero-order valence-corrected chi connectivity index (χ0v) is 18.5. The molecule has 0 bridgehead atoms. The minimum atomic E-state index is -1.57. The van der Waals surface area contributed by atoms with Gasteiger partial charge in [0.1, 0.15) is 12.1 Å². The first-order valence-electron chi connectivity index (χ1n) is 10.0. The highest BCUT2D eigenvalue weighted by molar-refractivity contribution is 5.94. The highest BCUT2D eigenvalue weighted by atomic mass is 16.4. The highest BCUT2D eigenvalue weighted by Gasteiger charge is 2.33. The lowest BCUT2D eigenvalue weighted by Crippen LogP contribution is -2.59. The molecule has 178 valence electrons. The first kappa shape index (κ1) is 28.3. The fraction of sp³-hybridized carbons (Fsp3) is 0.737. The lowest BCUT2D eigenvalue weighted by Gasteiger charge is -2.27. The summed E-state index contributed by atoms with van der Waals surface area (Å²) in [6.45, 7) is 7.89. The summed E-state index contributed by atoms with van der Waals surface area (Å²) < 4.78 is 0. The minimum Gasteiger partial charge on any atom is -0.480 e. The number of aliphatic hydroxyl groups excluding tert-OH is 1. The van der Waals surface area contributed by atoms with Crippen molar-refractivity contribution in [2.24, 2.45) is 23.3 Å². The molecule has 0 aromatic carbocycles. The summed E-state index contributed by atoms with van der Waals surface area (Å²) in [5, 5.41) is 25.8. The molecular weight excluding hydrogens is 410 g/mol. The average molecular weight is 446 g/mol. The molecule has 0 aromatic rings. The van der Waals surface area contributed by atoms with E-state index < -0.39 is 65.8 Å². The molecule has 0 aromatic heterocycles. The normalized spacial score (nSPS) is 16.0. The molecule has 0 saturated heterocycles. The van der Waals surface area contributed by atoms with Crippen molar-refractivity contribution in [1.82, 2.24) is 16.0 Å². The maximum atomic E-state index is 12.8. The van der Waals surface area contributed by atoms with E-state index in [1.165, 1.54) is 6.92 Å². The second-order valence-corrected chi connectivity index (χ2v) is 8.13. The summed E-state index contributed by atoms with van der Waals surface area (Å²) >= 11 is 0. The van der Waals surface area contributed by atoms with E-state index in [-0.39, 0.29) is 18.8 Å². The standard InChI is InChI=1S/C19H35N5O7/c1-8(2)13(21)17(28)22-11(6-7-12(20)26)16(27)23-14(9(3)4)18(29)24-15(10(5)25)19(30)31/h8-11,13-15,25H,6-7,21H2,1-5H3,(H2,20,26)(H,22,28)(H,23,27)(H,24,29)(H,30,31). The molecule has 0 aliphatic heterocycles. The fourth-order valence-corrected chi connectivity index (χ4v) is 2.55. The van der Waals surface area contributed by atoms with Crippen molar-refractivity contribution < 1.29 is 34.2 Å². The molecule has 0 spiro atoms. The van der Waals surface area contributed by atoms with E-state index in [9.17, 15) is 29.1 Å². The summed E-state index contributed by atoms with van der Waals surface area (Å²) in [5.74, 6) is -4.98. The van der Waals surface area contributed by atoms with Gasteiger partial charge in [-0.3, -0.25) is 19.2 Å². The van der Waals surface area contributed by atoms with Gasteiger partial charge < -0.3 is 37.6 Å². The zero-order valence-electron chi connectivity index (χ0n) is 18.5. The van der Waals surface area contributed by atoms with Crippen molar-refractivity contribution in [2.75, 3.05) is 0 Å². The third-order valence-electron chi connectivity index (χ3n) is 4.63. The molecule has 5 atom stereocenters. The number of nitrogens with one attached hydrogen (secondary N) is 3. The van der Waals surface area contributed by atoms with Gasteiger partial charge in [-0.2, -0.15) is 0 Å². The molecule has 0 aliphatic carbocycles. The van der Waals surface area contributed by atoms with E-state index in [1.807, 2.05) is 0 Å². The Morgan fingerprint density at radius 1 is 0.806 bits per heavy atom. The second kappa shape index (κ2) is 12.8. The van der Waals surface area contributed by atoms with Crippen LogP contribution in [0, 0.1) is 11.8 Å². The Balaban J connectivity index is 5.49. The van der Waals surface area contributed by atoms with Crippen molar-refractivity contribution in [3.63, 3.8) is 0 Å². The number of carbonyl (C=O) groups is 5. The number of carboxylic acid groups (broad SMARTS) is 1. The van der Waals surface area contributed by atoms with Crippen LogP contribution >= 0.6 is 0 Å². The first-order valence-corrected chi connectivity index (χ1v) is 10.0. The molecule has 31 heavy (non-hydrogen) atoms. The quantitative estimate of drug-likeness (QED) is 0.165. The molecule has 5 unspecified atom stereocenters. The minimum absolute atomic E-state index is 0.115. The average Bonchev–Trinajstić information content (AvgIpc) is 2.64. The van der Waals surface area contributed by atoms with Gasteiger partial charge in [-0.1, -0.05) is 27.7 Å². The number of rotatable bonds is 13. The van der Waals surface area contributed by atoms with Crippen LogP contribution in [-0.4, -0.2) is 70.1 Å². The van der Waals surface area contributed by atoms with E-state index in [4.69, 9.17) is 16.6 Å². The number of nitrogens with two attached hydrogens (primary N) is 2. The van der Waals surface area contributed by atoms with Crippen LogP contribution in [0.4, 0.5) is 0 Å². The number of carbonyl (C=O) groups excluding carboxylic acids is 4. The molecule has 4 amide bonds. The van der Waals surface area contributed by atoms with Crippen LogP contribution in [0.5, 0.6) is 0 Å². The lowest BCUT2D eigenvalue weighted by atomic mass is 10.0. The number of amides is 4. The van der Waals surface area contributed by atoms with Gasteiger partial charge >= 0.3 is 5.97 Å². The van der Waals surface area contributed by atoms with Gasteiger partial charge in [-0.05, 0) is 25.2 Å². The molecule has 0 aliphatic rings. The smallest absolute Gasteiger partial charge is 0.328 e. The van der Waals surface area contributed by atoms with Gasteiger partial charge in [0.05, 0.1) is 12.1 Å². The summed E-state index contributed by atoms with van der Waals surface area (Å²) in [6.07, 6.45) is -1.68. The molecule has 0 saturated carbocycles. The number of hydrogen-bond acceptors (Lipinski definition) is 7. The predicted molar refractivity (Wildman–Crippen MR) is 111 cm³/mol. The van der Waals surface area contributed by atoms with Gasteiger partial charge in [0.2, 0.25) is 23.6 Å². The van der Waals surface area contributed by atoms with E-state index >= 15 is 0 Å². The fourth-order valence-electron chi connectivity index (χ4n) is 2.55. The van der Waals surface area contributed by atoms with Crippen LogP contribution in [0.25, 0.3) is 0 Å². The molecule has 0 radical (unpaired) electrons. The van der Waals surface area contributed by atoms with Crippen molar-refractivity contribution in [3.8, 4) is 0 Å². The Morgan fingerprint density at radius 2 is 1.32 bits per heavy atom. The number of carboxylic acids is 1. The zero-order chi connectivity index (χ0) is 24.5. The molecule has 0 heterocycles. The highest BCUT2D eigenvalue weighted by Crippen LogP contribution is 2.07. The summed E-state index contributed by atoms with van der Waals surface area (Å²) in [7, 11) is 0. The van der Waals surface area contributed by atoms with Crippen LogP contribution in [0.3, 0.4) is 0 Å². The van der Waals surface area contributed by atoms with Gasteiger partial charge in [-0.15, -0.1) is 0 Å². The van der Waals surface area contributed by atoms with Crippen LogP contribution < -0.4 is 27.4 Å². The van der Waals surface area contributed by atoms with Crippen molar-refractivity contribution in [3.05, 3.63) is 0 Å². The number of primary amides is 1. The maximum absolute atomic E-state index is 12.8. The van der Waals surface area contributed by atoms with Crippen LogP contribution in [0.2, 0.25) is 0 Å². The molecule has 0 fully saturated rings. The lowest BCUT2D eigenvalue weighted by molar-refractivity contribution is -0.145. The largest absolute Gasteiger partial charge is 0.480 e. The number of aliphatic hydroxyl groups is 1. The Kier molecular flexibility index (Phi) is 11.7. The van der Waals surface area contributed by atoms with E-state index in [2.05, 4.69) is 16.0 Å². The monoisotopic (exact) mass is 445 g/mol. The Hall–Kier alpha value is -2.73. The van der Waals surface area contributed by atoms with Gasteiger partial charge in [0.25, 0.3) is 0 Å². The Labute approximate surface area is 181 Å². The number of hydrogen-bond donors (Lipinski definition) is 7. The van der Waals surface area contributed by atoms with Crippen LogP contribution in [0.15, 0.2) is 0 Å². The van der Waals surface area contributed by atoms with Crippen LogP contribution in [-0.2, 0) is 24.0 Å². The Morgan fingerprint density at radius 3 is 1.71 bits per heavy atom. The van der Waals surface area contributed by atoms with Crippen molar-refractivity contribution in [2.45, 2.75) is 77.7 Å².